The molecule has 2 heterocycles. The highest BCUT2D eigenvalue weighted by Crippen LogP contribution is 2.42. The number of phenolic OH excluding ortho intramolecular Hbond substituents is 1. The number of hydrogen-bond acceptors (Lipinski definition) is 6. The summed E-state index contributed by atoms with van der Waals surface area (Å²) in [5.41, 5.74) is 4.99. The van der Waals surface area contributed by atoms with Crippen molar-refractivity contribution in [3.05, 3.63) is 64.8 Å². The molecular formula is C26H27N3O2S2. The summed E-state index contributed by atoms with van der Waals surface area (Å²) in [5, 5.41) is 14.6. The molecule has 0 unspecified atom stereocenters. The Hall–Kier alpha value is -2.90. The van der Waals surface area contributed by atoms with Crippen molar-refractivity contribution in [1.82, 2.24) is 9.97 Å². The van der Waals surface area contributed by atoms with Crippen LogP contribution >= 0.6 is 23.1 Å². The number of carbonyl (C=O) groups is 1. The lowest BCUT2D eigenvalue weighted by Gasteiger charge is -2.10. The Morgan fingerprint density at radius 2 is 1.91 bits per heavy atom. The third-order valence-corrected chi connectivity index (χ3v) is 7.71. The minimum absolute atomic E-state index is 0.0564. The fourth-order valence-electron chi connectivity index (χ4n) is 3.72. The zero-order valence-corrected chi connectivity index (χ0v) is 20.8. The molecule has 0 aliphatic heterocycles. The monoisotopic (exact) mass is 477 g/mol. The molecule has 5 nitrogen and oxygen atoms in total. The fraction of sp³-hybridized carbons (Fsp3) is 0.269. The Bertz CT molecular complexity index is 1300. The van der Waals surface area contributed by atoms with Crippen molar-refractivity contribution in [1.29, 1.82) is 0 Å². The second-order valence-electron chi connectivity index (χ2n) is 8.25. The summed E-state index contributed by atoms with van der Waals surface area (Å²) in [4.78, 5) is 23.9. The number of hydrogen-bond donors (Lipinski definition) is 2. The Morgan fingerprint density at radius 1 is 1.15 bits per heavy atom. The molecule has 2 aromatic carbocycles. The normalized spacial score (nSPS) is 11.3. The molecular weight excluding hydrogens is 450 g/mol. The molecule has 0 aliphatic carbocycles. The molecule has 0 fully saturated rings. The SMILES string of the molecule is CCc1sc2ncnc(SCC(=O)Nc3cc(C)ccc3O)c2c1-c1ccc(C(C)C)cc1. The summed E-state index contributed by atoms with van der Waals surface area (Å²) in [7, 11) is 0. The second kappa shape index (κ2) is 9.93. The highest BCUT2D eigenvalue weighted by atomic mass is 32.2. The average Bonchev–Trinajstić information content (AvgIpc) is 3.19. The number of aromatic nitrogens is 2. The number of carbonyl (C=O) groups excluding carboxylic acids is 1. The van der Waals surface area contributed by atoms with E-state index in [1.807, 2.05) is 6.92 Å². The van der Waals surface area contributed by atoms with Crippen molar-refractivity contribution in [2.75, 3.05) is 11.1 Å². The number of aromatic hydroxyl groups is 1. The minimum Gasteiger partial charge on any atom is -0.506 e. The number of benzene rings is 2. The van der Waals surface area contributed by atoms with E-state index in [1.54, 1.807) is 35.9 Å². The molecule has 0 spiro atoms. The summed E-state index contributed by atoms with van der Waals surface area (Å²) in [6.07, 6.45) is 2.47. The Kier molecular flexibility index (Phi) is 7.00. The lowest BCUT2D eigenvalue weighted by atomic mass is 9.97. The van der Waals surface area contributed by atoms with Crippen LogP contribution in [0.1, 0.15) is 42.7 Å². The molecule has 2 N–H and O–H groups in total. The van der Waals surface area contributed by atoms with E-state index < -0.39 is 0 Å². The van der Waals surface area contributed by atoms with Gasteiger partial charge >= 0.3 is 0 Å². The standard InChI is InChI=1S/C26H27N3O2S2/c1-5-21-23(18-9-7-17(8-10-18)15(2)3)24-25(27-14-28-26(24)33-21)32-13-22(31)29-19-12-16(4)6-11-20(19)30/h6-12,14-15,30H,5,13H2,1-4H3,(H,29,31). The van der Waals surface area contributed by atoms with Crippen LogP contribution in [0.3, 0.4) is 0 Å². The summed E-state index contributed by atoms with van der Waals surface area (Å²) < 4.78 is 0. The van der Waals surface area contributed by atoms with E-state index >= 15 is 0 Å². The van der Waals surface area contributed by atoms with Crippen LogP contribution < -0.4 is 5.32 Å². The number of aryl methyl sites for hydroxylation is 2. The molecule has 4 aromatic rings. The quantitative estimate of drug-likeness (QED) is 0.174. The van der Waals surface area contributed by atoms with E-state index in [9.17, 15) is 9.90 Å². The summed E-state index contributed by atoms with van der Waals surface area (Å²) in [5.74, 6) is 0.523. The van der Waals surface area contributed by atoms with Crippen molar-refractivity contribution in [2.45, 2.75) is 45.1 Å². The molecule has 4 rings (SSSR count). The fourth-order valence-corrected chi connectivity index (χ4v) is 5.69. The van der Waals surface area contributed by atoms with Gasteiger partial charge in [0.15, 0.2) is 0 Å². The van der Waals surface area contributed by atoms with Gasteiger partial charge in [-0.2, -0.15) is 0 Å². The Morgan fingerprint density at radius 3 is 2.61 bits per heavy atom. The average molecular weight is 478 g/mol. The zero-order chi connectivity index (χ0) is 23.5. The molecule has 0 bridgehead atoms. The van der Waals surface area contributed by atoms with E-state index in [0.29, 0.717) is 11.6 Å². The van der Waals surface area contributed by atoms with Gasteiger partial charge in [0, 0.05) is 10.4 Å². The first-order valence-electron chi connectivity index (χ1n) is 11.0. The van der Waals surface area contributed by atoms with Gasteiger partial charge in [0.2, 0.25) is 5.91 Å². The molecule has 170 valence electrons. The molecule has 0 radical (unpaired) electrons. The van der Waals surface area contributed by atoms with Gasteiger partial charge in [-0.3, -0.25) is 4.79 Å². The van der Waals surface area contributed by atoms with Crippen LogP contribution in [0.25, 0.3) is 21.3 Å². The first-order chi connectivity index (χ1) is 15.9. The van der Waals surface area contributed by atoms with Gasteiger partial charge in [0.05, 0.1) is 16.8 Å². The van der Waals surface area contributed by atoms with Crippen molar-refractivity contribution in [3.8, 4) is 16.9 Å². The third kappa shape index (κ3) is 5.04. The van der Waals surface area contributed by atoms with Gasteiger partial charge in [0.1, 0.15) is 21.9 Å². The van der Waals surface area contributed by atoms with E-state index in [4.69, 9.17) is 0 Å². The predicted molar refractivity (Wildman–Crippen MR) is 139 cm³/mol. The van der Waals surface area contributed by atoms with Gasteiger partial charge < -0.3 is 10.4 Å². The van der Waals surface area contributed by atoms with Crippen molar-refractivity contribution in [2.24, 2.45) is 0 Å². The first kappa shape index (κ1) is 23.3. The predicted octanol–water partition coefficient (Wildman–Crippen LogP) is 6.79. The van der Waals surface area contributed by atoms with E-state index in [-0.39, 0.29) is 17.4 Å². The second-order valence-corrected chi connectivity index (χ2v) is 10.3. The van der Waals surface area contributed by atoms with Gasteiger partial charge in [0.25, 0.3) is 0 Å². The summed E-state index contributed by atoms with van der Waals surface area (Å²) >= 11 is 3.08. The number of anilines is 1. The number of nitrogens with zero attached hydrogens (tertiary/aromatic N) is 2. The molecule has 0 saturated carbocycles. The van der Waals surface area contributed by atoms with Crippen LogP contribution in [0.4, 0.5) is 5.69 Å². The van der Waals surface area contributed by atoms with Crippen molar-refractivity contribution < 1.29 is 9.90 Å². The molecule has 0 aliphatic rings. The summed E-state index contributed by atoms with van der Waals surface area (Å²) in [6.45, 7) is 8.45. The first-order valence-corrected chi connectivity index (χ1v) is 12.8. The van der Waals surface area contributed by atoms with Crippen LogP contribution in [0, 0.1) is 6.92 Å². The topological polar surface area (TPSA) is 75.1 Å². The van der Waals surface area contributed by atoms with Gasteiger partial charge in [-0.05, 0) is 48.1 Å². The maximum Gasteiger partial charge on any atom is 0.234 e. The van der Waals surface area contributed by atoms with Crippen LogP contribution in [0.2, 0.25) is 0 Å². The van der Waals surface area contributed by atoms with Crippen LogP contribution in [-0.2, 0) is 11.2 Å². The van der Waals surface area contributed by atoms with E-state index in [0.717, 1.165) is 38.4 Å². The number of amides is 1. The Labute approximate surface area is 202 Å². The van der Waals surface area contributed by atoms with Gasteiger partial charge in [-0.25, -0.2) is 9.97 Å². The molecule has 33 heavy (non-hydrogen) atoms. The lowest BCUT2D eigenvalue weighted by molar-refractivity contribution is -0.113. The van der Waals surface area contributed by atoms with Crippen molar-refractivity contribution >= 4 is 44.9 Å². The molecule has 0 atom stereocenters. The molecule has 1 amide bonds. The number of phenols is 1. The van der Waals surface area contributed by atoms with E-state index in [2.05, 4.69) is 60.3 Å². The number of thiophene rings is 1. The van der Waals surface area contributed by atoms with Gasteiger partial charge in [-0.15, -0.1) is 11.3 Å². The smallest absolute Gasteiger partial charge is 0.234 e. The third-order valence-electron chi connectivity index (χ3n) is 5.48. The number of thioether (sulfide) groups is 1. The maximum absolute atomic E-state index is 12.6. The van der Waals surface area contributed by atoms with Gasteiger partial charge in [-0.1, -0.05) is 62.9 Å². The van der Waals surface area contributed by atoms with Crippen LogP contribution in [-0.4, -0.2) is 26.7 Å². The number of nitrogens with one attached hydrogen (secondary N) is 1. The maximum atomic E-state index is 12.6. The van der Waals surface area contributed by atoms with Crippen LogP contribution in [0.15, 0.2) is 53.8 Å². The number of fused-ring (bicyclic) bond motifs is 1. The zero-order valence-electron chi connectivity index (χ0n) is 19.2. The largest absolute Gasteiger partial charge is 0.506 e. The highest BCUT2D eigenvalue weighted by molar-refractivity contribution is 8.00. The molecule has 7 heteroatoms. The van der Waals surface area contributed by atoms with E-state index in [1.165, 1.54) is 22.2 Å². The minimum atomic E-state index is -0.193. The lowest BCUT2D eigenvalue weighted by Crippen LogP contribution is -2.14. The molecule has 0 saturated heterocycles. The highest BCUT2D eigenvalue weighted by Gasteiger charge is 2.19. The summed E-state index contributed by atoms with van der Waals surface area (Å²) in [6, 6.07) is 13.8. The molecule has 2 aromatic heterocycles. The number of rotatable bonds is 7. The Balaban J connectivity index is 1.63. The van der Waals surface area contributed by atoms with Crippen LogP contribution in [0.5, 0.6) is 5.75 Å². The van der Waals surface area contributed by atoms with Crippen molar-refractivity contribution in [3.63, 3.8) is 0 Å².